The molecule has 0 fully saturated rings. The molecule has 0 amide bonds. The molecule has 0 unspecified atom stereocenters. The molecule has 2 aromatic carbocycles. The molecule has 21 heavy (non-hydrogen) atoms. The van der Waals surface area contributed by atoms with Gasteiger partial charge in [-0.05, 0) is 36.8 Å². The predicted molar refractivity (Wildman–Crippen MR) is 86.5 cm³/mol. The van der Waals surface area contributed by atoms with Crippen molar-refractivity contribution in [3.8, 4) is 11.5 Å². The third kappa shape index (κ3) is 4.22. The Morgan fingerprint density at radius 3 is 2.52 bits per heavy atom. The second-order valence-corrected chi connectivity index (χ2v) is 5.62. The molecule has 0 radical (unpaired) electrons. The minimum Gasteiger partial charge on any atom is -0.490 e. The SMILES string of the molecule is CCOc1cc(C=O)cc(Cl)c1OCc1ccc(Br)cc1. The molecular weight excluding hydrogens is 356 g/mol. The Morgan fingerprint density at radius 1 is 1.19 bits per heavy atom. The Morgan fingerprint density at radius 2 is 1.90 bits per heavy atom. The van der Waals surface area contributed by atoms with Crippen molar-refractivity contribution in [1.82, 2.24) is 0 Å². The molecule has 0 atom stereocenters. The number of hydrogen-bond donors (Lipinski definition) is 0. The van der Waals surface area contributed by atoms with Crippen LogP contribution in [0.5, 0.6) is 11.5 Å². The second kappa shape index (κ2) is 7.48. The average Bonchev–Trinajstić information content (AvgIpc) is 2.48. The zero-order valence-corrected chi connectivity index (χ0v) is 13.8. The van der Waals surface area contributed by atoms with E-state index in [0.29, 0.717) is 35.3 Å². The minimum absolute atomic E-state index is 0.361. The Bertz CT molecular complexity index is 626. The van der Waals surface area contributed by atoms with Gasteiger partial charge in [-0.3, -0.25) is 4.79 Å². The fraction of sp³-hybridized carbons (Fsp3) is 0.188. The molecule has 0 spiro atoms. The lowest BCUT2D eigenvalue weighted by Crippen LogP contribution is -2.01. The summed E-state index contributed by atoms with van der Waals surface area (Å²) in [4.78, 5) is 10.9. The lowest BCUT2D eigenvalue weighted by molar-refractivity contribution is 0.112. The van der Waals surface area contributed by atoms with Crippen LogP contribution in [0.2, 0.25) is 5.02 Å². The van der Waals surface area contributed by atoms with Crippen LogP contribution in [0.25, 0.3) is 0 Å². The second-order valence-electron chi connectivity index (χ2n) is 4.30. The summed E-state index contributed by atoms with van der Waals surface area (Å²) in [7, 11) is 0. The summed E-state index contributed by atoms with van der Waals surface area (Å²) in [6.45, 7) is 2.70. The van der Waals surface area contributed by atoms with Crippen LogP contribution in [-0.2, 0) is 6.61 Å². The maximum absolute atomic E-state index is 10.9. The van der Waals surface area contributed by atoms with Gasteiger partial charge in [-0.25, -0.2) is 0 Å². The van der Waals surface area contributed by atoms with E-state index in [1.165, 1.54) is 0 Å². The highest BCUT2D eigenvalue weighted by atomic mass is 79.9. The first-order valence-corrected chi connectivity index (χ1v) is 7.60. The fourth-order valence-corrected chi connectivity index (χ4v) is 2.33. The van der Waals surface area contributed by atoms with Crippen molar-refractivity contribution in [2.75, 3.05) is 6.61 Å². The molecule has 0 aromatic heterocycles. The number of halogens is 2. The predicted octanol–water partition coefficient (Wildman–Crippen LogP) is 4.89. The molecule has 0 saturated heterocycles. The average molecular weight is 370 g/mol. The van der Waals surface area contributed by atoms with Gasteiger partial charge in [-0.2, -0.15) is 0 Å². The highest BCUT2D eigenvalue weighted by Crippen LogP contribution is 2.36. The number of hydrogen-bond acceptors (Lipinski definition) is 3. The molecule has 0 saturated carbocycles. The molecule has 0 aliphatic heterocycles. The molecule has 5 heteroatoms. The maximum atomic E-state index is 10.9. The van der Waals surface area contributed by atoms with Gasteiger partial charge in [-0.1, -0.05) is 39.7 Å². The van der Waals surface area contributed by atoms with E-state index in [1.807, 2.05) is 31.2 Å². The summed E-state index contributed by atoms with van der Waals surface area (Å²) >= 11 is 9.56. The van der Waals surface area contributed by atoms with Crippen LogP contribution in [0.15, 0.2) is 40.9 Å². The molecular formula is C16H14BrClO3. The van der Waals surface area contributed by atoms with E-state index < -0.39 is 0 Å². The van der Waals surface area contributed by atoms with E-state index in [-0.39, 0.29) is 0 Å². The molecule has 0 aliphatic rings. The van der Waals surface area contributed by atoms with Gasteiger partial charge in [0.2, 0.25) is 0 Å². The van der Waals surface area contributed by atoms with Crippen LogP contribution in [0.3, 0.4) is 0 Å². The maximum Gasteiger partial charge on any atom is 0.180 e. The Kier molecular flexibility index (Phi) is 5.65. The van der Waals surface area contributed by atoms with Gasteiger partial charge in [0.15, 0.2) is 11.5 Å². The summed E-state index contributed by atoms with van der Waals surface area (Å²) in [6.07, 6.45) is 0.729. The number of ether oxygens (including phenoxy) is 2. The topological polar surface area (TPSA) is 35.5 Å². The van der Waals surface area contributed by atoms with Crippen LogP contribution < -0.4 is 9.47 Å². The lowest BCUT2D eigenvalue weighted by Gasteiger charge is -2.14. The van der Waals surface area contributed by atoms with Gasteiger partial charge < -0.3 is 9.47 Å². The monoisotopic (exact) mass is 368 g/mol. The van der Waals surface area contributed by atoms with Crippen LogP contribution in [0, 0.1) is 0 Å². The first kappa shape index (κ1) is 15.9. The first-order valence-electron chi connectivity index (χ1n) is 6.42. The molecule has 0 aliphatic carbocycles. The highest BCUT2D eigenvalue weighted by molar-refractivity contribution is 9.10. The van der Waals surface area contributed by atoms with Gasteiger partial charge in [0.05, 0.1) is 11.6 Å². The standard InChI is InChI=1S/C16H14BrClO3/c1-2-20-15-8-12(9-19)7-14(18)16(15)21-10-11-3-5-13(17)6-4-11/h3-9H,2,10H2,1H3. The van der Waals surface area contributed by atoms with Crippen molar-refractivity contribution in [2.24, 2.45) is 0 Å². The molecule has 0 heterocycles. The number of carbonyl (C=O) groups is 1. The van der Waals surface area contributed by atoms with Gasteiger partial charge >= 0.3 is 0 Å². The van der Waals surface area contributed by atoms with Gasteiger partial charge in [0.1, 0.15) is 12.9 Å². The van der Waals surface area contributed by atoms with E-state index >= 15 is 0 Å². The third-order valence-corrected chi connectivity index (χ3v) is 3.57. The Balaban J connectivity index is 2.21. The van der Waals surface area contributed by atoms with Crippen molar-refractivity contribution in [3.63, 3.8) is 0 Å². The first-order chi connectivity index (χ1) is 10.1. The van der Waals surface area contributed by atoms with E-state index in [9.17, 15) is 4.79 Å². The summed E-state index contributed by atoms with van der Waals surface area (Å²) in [5.74, 6) is 0.927. The van der Waals surface area contributed by atoms with E-state index in [1.54, 1.807) is 12.1 Å². The summed E-state index contributed by atoms with van der Waals surface area (Å²) in [6, 6.07) is 11.0. The minimum atomic E-state index is 0.361. The van der Waals surface area contributed by atoms with Crippen molar-refractivity contribution in [1.29, 1.82) is 0 Å². The van der Waals surface area contributed by atoms with E-state index in [4.69, 9.17) is 21.1 Å². The zero-order valence-electron chi connectivity index (χ0n) is 11.4. The molecule has 110 valence electrons. The molecule has 2 aromatic rings. The third-order valence-electron chi connectivity index (χ3n) is 2.76. The van der Waals surface area contributed by atoms with Crippen LogP contribution >= 0.6 is 27.5 Å². The van der Waals surface area contributed by atoms with E-state index in [0.717, 1.165) is 16.3 Å². The molecule has 3 nitrogen and oxygen atoms in total. The fourth-order valence-electron chi connectivity index (χ4n) is 1.80. The number of carbonyl (C=O) groups excluding carboxylic acids is 1. The largest absolute Gasteiger partial charge is 0.490 e. The van der Waals surface area contributed by atoms with Crippen LogP contribution in [0.4, 0.5) is 0 Å². The van der Waals surface area contributed by atoms with Crippen molar-refractivity contribution in [3.05, 3.63) is 57.0 Å². The molecule has 2 rings (SSSR count). The molecule has 0 N–H and O–H groups in total. The summed E-state index contributed by atoms with van der Waals surface area (Å²) in [5, 5.41) is 0.361. The van der Waals surface area contributed by atoms with Crippen molar-refractivity contribution < 1.29 is 14.3 Å². The summed E-state index contributed by atoms with van der Waals surface area (Å²) in [5.41, 5.74) is 1.47. The number of benzene rings is 2. The van der Waals surface area contributed by atoms with Crippen molar-refractivity contribution >= 4 is 33.8 Å². The van der Waals surface area contributed by atoms with Gasteiger partial charge in [0.25, 0.3) is 0 Å². The Hall–Kier alpha value is -1.52. The zero-order chi connectivity index (χ0) is 15.2. The quantitative estimate of drug-likeness (QED) is 0.680. The van der Waals surface area contributed by atoms with Crippen LogP contribution in [0.1, 0.15) is 22.8 Å². The lowest BCUT2D eigenvalue weighted by atomic mass is 10.2. The van der Waals surface area contributed by atoms with E-state index in [2.05, 4.69) is 15.9 Å². The number of aldehydes is 1. The smallest absolute Gasteiger partial charge is 0.180 e. The normalized spacial score (nSPS) is 10.2. The highest BCUT2D eigenvalue weighted by Gasteiger charge is 2.12. The Labute approximate surface area is 137 Å². The van der Waals surface area contributed by atoms with Crippen molar-refractivity contribution in [2.45, 2.75) is 13.5 Å². The van der Waals surface area contributed by atoms with Gasteiger partial charge in [0, 0.05) is 10.0 Å². The summed E-state index contributed by atoms with van der Waals surface area (Å²) < 4.78 is 12.3. The van der Waals surface area contributed by atoms with Gasteiger partial charge in [-0.15, -0.1) is 0 Å². The number of rotatable bonds is 6. The molecule has 0 bridgehead atoms. The van der Waals surface area contributed by atoms with Crippen LogP contribution in [-0.4, -0.2) is 12.9 Å².